The summed E-state index contributed by atoms with van der Waals surface area (Å²) in [6.45, 7) is 7.02. The molecule has 0 aliphatic heterocycles. The van der Waals surface area contributed by atoms with Crippen LogP contribution >= 0.6 is 0 Å². The molecule has 152 valence electrons. The average molecular weight is 405 g/mol. The van der Waals surface area contributed by atoms with E-state index in [4.69, 9.17) is 4.74 Å². The Morgan fingerprint density at radius 1 is 1.14 bits per heavy atom. The van der Waals surface area contributed by atoms with E-state index in [1.807, 2.05) is 50.2 Å². The zero-order chi connectivity index (χ0) is 21.1. The number of aryl methyl sites for hydroxylation is 3. The van der Waals surface area contributed by atoms with E-state index in [1.54, 1.807) is 21.0 Å². The van der Waals surface area contributed by atoms with Gasteiger partial charge in [-0.25, -0.2) is 8.42 Å². The molecule has 0 unspecified atom stereocenters. The van der Waals surface area contributed by atoms with Gasteiger partial charge in [-0.1, -0.05) is 35.9 Å². The standard InChI is InChI=1S/C21H28N2O4S/c1-14-11-15(2)21(16(3)12-14)28(25,26)23(5)13-20(24)22-17(4)18-9-7-8-10-19(18)27-6/h7-12,17H,13H2,1-6H3,(H,22,24)/t17-/m1/s1. The number of carbonyl (C=O) groups is 1. The Kier molecular flexibility index (Phi) is 6.85. The number of para-hydroxylation sites is 1. The molecule has 0 aliphatic rings. The van der Waals surface area contributed by atoms with Gasteiger partial charge in [0.2, 0.25) is 15.9 Å². The maximum absolute atomic E-state index is 13.0. The van der Waals surface area contributed by atoms with Crippen molar-refractivity contribution < 1.29 is 17.9 Å². The van der Waals surface area contributed by atoms with E-state index in [0.717, 1.165) is 15.4 Å². The molecule has 0 radical (unpaired) electrons. The lowest BCUT2D eigenvalue weighted by molar-refractivity contribution is -0.121. The van der Waals surface area contributed by atoms with Crippen LogP contribution in [0.25, 0.3) is 0 Å². The quantitative estimate of drug-likeness (QED) is 0.769. The van der Waals surface area contributed by atoms with Gasteiger partial charge in [0.05, 0.1) is 24.6 Å². The van der Waals surface area contributed by atoms with Crippen molar-refractivity contribution in [1.29, 1.82) is 0 Å². The molecule has 7 heteroatoms. The van der Waals surface area contributed by atoms with Gasteiger partial charge in [0, 0.05) is 12.6 Å². The molecule has 0 aliphatic carbocycles. The van der Waals surface area contributed by atoms with E-state index >= 15 is 0 Å². The second-order valence-corrected chi connectivity index (χ2v) is 9.00. The molecule has 0 bridgehead atoms. The third-order valence-electron chi connectivity index (χ3n) is 4.62. The van der Waals surface area contributed by atoms with Gasteiger partial charge in [0.25, 0.3) is 0 Å². The lowest BCUT2D eigenvalue weighted by Gasteiger charge is -2.22. The van der Waals surface area contributed by atoms with Gasteiger partial charge in [0.1, 0.15) is 5.75 Å². The zero-order valence-corrected chi connectivity index (χ0v) is 18.1. The van der Waals surface area contributed by atoms with Crippen molar-refractivity contribution in [2.75, 3.05) is 20.7 Å². The van der Waals surface area contributed by atoms with Gasteiger partial charge >= 0.3 is 0 Å². The summed E-state index contributed by atoms with van der Waals surface area (Å²) >= 11 is 0. The molecule has 1 amide bonds. The molecular weight excluding hydrogens is 376 g/mol. The minimum Gasteiger partial charge on any atom is -0.496 e. The lowest BCUT2D eigenvalue weighted by Crippen LogP contribution is -2.39. The Labute approximate surface area is 167 Å². The molecular formula is C21H28N2O4S. The third kappa shape index (κ3) is 4.72. The number of amides is 1. The maximum atomic E-state index is 13.0. The summed E-state index contributed by atoms with van der Waals surface area (Å²) in [7, 11) is -0.790. The van der Waals surface area contributed by atoms with Crippen LogP contribution in [-0.4, -0.2) is 39.3 Å². The van der Waals surface area contributed by atoms with Gasteiger partial charge in [-0.3, -0.25) is 4.79 Å². The summed E-state index contributed by atoms with van der Waals surface area (Å²) in [6, 6.07) is 10.7. The lowest BCUT2D eigenvalue weighted by atomic mass is 10.1. The number of hydrogen-bond donors (Lipinski definition) is 1. The number of likely N-dealkylation sites (N-methyl/N-ethyl adjacent to an activating group) is 1. The Morgan fingerprint density at radius 2 is 1.71 bits per heavy atom. The number of sulfonamides is 1. The zero-order valence-electron chi connectivity index (χ0n) is 17.2. The number of ether oxygens (including phenoxy) is 1. The first-order valence-electron chi connectivity index (χ1n) is 9.04. The summed E-state index contributed by atoms with van der Waals surface area (Å²) in [4.78, 5) is 12.7. The fourth-order valence-electron chi connectivity index (χ4n) is 3.41. The topological polar surface area (TPSA) is 75.7 Å². The highest BCUT2D eigenvalue weighted by atomic mass is 32.2. The van der Waals surface area contributed by atoms with E-state index in [-0.39, 0.29) is 23.4 Å². The highest BCUT2D eigenvalue weighted by Crippen LogP contribution is 2.26. The molecule has 0 fully saturated rings. The van der Waals surface area contributed by atoms with Crippen LogP contribution in [0.4, 0.5) is 0 Å². The van der Waals surface area contributed by atoms with Gasteiger partial charge in [-0.15, -0.1) is 0 Å². The molecule has 0 saturated heterocycles. The van der Waals surface area contributed by atoms with Crippen LogP contribution in [0.2, 0.25) is 0 Å². The molecule has 6 nitrogen and oxygen atoms in total. The highest BCUT2D eigenvalue weighted by Gasteiger charge is 2.27. The van der Waals surface area contributed by atoms with Gasteiger partial charge in [-0.05, 0) is 44.9 Å². The van der Waals surface area contributed by atoms with E-state index in [2.05, 4.69) is 5.32 Å². The number of nitrogens with one attached hydrogen (secondary N) is 1. The van der Waals surface area contributed by atoms with Crippen molar-refractivity contribution in [2.24, 2.45) is 0 Å². The van der Waals surface area contributed by atoms with Crippen LogP contribution < -0.4 is 10.1 Å². The molecule has 2 rings (SSSR count). The summed E-state index contributed by atoms with van der Waals surface area (Å²) in [5.74, 6) is 0.286. The first kappa shape index (κ1) is 21.9. The van der Waals surface area contributed by atoms with Crippen LogP contribution in [0, 0.1) is 20.8 Å². The van der Waals surface area contributed by atoms with Crippen molar-refractivity contribution in [3.05, 3.63) is 58.7 Å². The molecule has 0 heterocycles. The Balaban J connectivity index is 2.16. The number of methoxy groups -OCH3 is 1. The predicted molar refractivity (Wildman–Crippen MR) is 110 cm³/mol. The Morgan fingerprint density at radius 3 is 2.29 bits per heavy atom. The largest absolute Gasteiger partial charge is 0.496 e. The third-order valence-corrected chi connectivity index (χ3v) is 6.73. The minimum atomic E-state index is -3.78. The van der Waals surface area contributed by atoms with Crippen LogP contribution in [0.15, 0.2) is 41.3 Å². The van der Waals surface area contributed by atoms with E-state index in [1.165, 1.54) is 7.05 Å². The second kappa shape index (κ2) is 8.75. The van der Waals surface area contributed by atoms with Gasteiger partial charge in [-0.2, -0.15) is 4.31 Å². The summed E-state index contributed by atoms with van der Waals surface area (Å²) in [6.07, 6.45) is 0. The van der Waals surface area contributed by atoms with Crippen molar-refractivity contribution >= 4 is 15.9 Å². The number of rotatable bonds is 7. The summed E-state index contributed by atoms with van der Waals surface area (Å²) in [5.41, 5.74) is 3.17. The van der Waals surface area contributed by atoms with Crippen molar-refractivity contribution in [2.45, 2.75) is 38.6 Å². The molecule has 2 aromatic rings. The second-order valence-electron chi connectivity index (χ2n) is 7.02. The molecule has 0 saturated carbocycles. The SMILES string of the molecule is COc1ccccc1[C@@H](C)NC(=O)CN(C)S(=O)(=O)c1c(C)cc(C)cc1C. The molecule has 1 N–H and O–H groups in total. The highest BCUT2D eigenvalue weighted by molar-refractivity contribution is 7.89. The summed E-state index contributed by atoms with van der Waals surface area (Å²) < 4.78 is 32.4. The Bertz CT molecular complexity index is 947. The molecule has 28 heavy (non-hydrogen) atoms. The van der Waals surface area contributed by atoms with Crippen LogP contribution in [-0.2, 0) is 14.8 Å². The van der Waals surface area contributed by atoms with Gasteiger partial charge in [0.15, 0.2) is 0 Å². The van der Waals surface area contributed by atoms with Crippen molar-refractivity contribution in [3.8, 4) is 5.75 Å². The van der Waals surface area contributed by atoms with Crippen molar-refractivity contribution in [3.63, 3.8) is 0 Å². The normalized spacial score (nSPS) is 12.7. The minimum absolute atomic E-state index is 0.256. The number of benzene rings is 2. The number of hydrogen-bond acceptors (Lipinski definition) is 4. The van der Waals surface area contributed by atoms with Gasteiger partial charge < -0.3 is 10.1 Å². The first-order valence-corrected chi connectivity index (χ1v) is 10.5. The number of carbonyl (C=O) groups excluding carboxylic acids is 1. The van der Waals surface area contributed by atoms with Crippen LogP contribution in [0.5, 0.6) is 5.75 Å². The Hall–Kier alpha value is -2.38. The predicted octanol–water partition coefficient (Wildman–Crippen LogP) is 3.12. The monoisotopic (exact) mass is 404 g/mol. The first-order chi connectivity index (χ1) is 13.1. The fourth-order valence-corrected chi connectivity index (χ4v) is 4.94. The smallest absolute Gasteiger partial charge is 0.243 e. The number of nitrogens with zero attached hydrogens (tertiary/aromatic N) is 1. The molecule has 2 aromatic carbocycles. The van der Waals surface area contributed by atoms with Crippen LogP contribution in [0.1, 0.15) is 35.2 Å². The molecule has 1 atom stereocenters. The van der Waals surface area contributed by atoms with E-state index in [0.29, 0.717) is 16.9 Å². The van der Waals surface area contributed by atoms with Crippen LogP contribution in [0.3, 0.4) is 0 Å². The van der Waals surface area contributed by atoms with E-state index in [9.17, 15) is 13.2 Å². The fraction of sp³-hybridized carbons (Fsp3) is 0.381. The van der Waals surface area contributed by atoms with Crippen molar-refractivity contribution in [1.82, 2.24) is 9.62 Å². The average Bonchev–Trinajstić information content (AvgIpc) is 2.60. The summed E-state index contributed by atoms with van der Waals surface area (Å²) in [5, 5.41) is 2.84. The van der Waals surface area contributed by atoms with E-state index < -0.39 is 10.0 Å². The molecule has 0 spiro atoms. The molecule has 0 aromatic heterocycles. The maximum Gasteiger partial charge on any atom is 0.243 e.